The normalized spacial score (nSPS) is 21.8. The second-order valence-corrected chi connectivity index (χ2v) is 7.13. The first-order chi connectivity index (χ1) is 8.37. The van der Waals surface area contributed by atoms with E-state index < -0.39 is 10.0 Å². The summed E-state index contributed by atoms with van der Waals surface area (Å²) in [5.74, 6) is 0.422. The van der Waals surface area contributed by atoms with Gasteiger partial charge in [0, 0.05) is 19.3 Å². The Hall–Kier alpha value is -0.980. The summed E-state index contributed by atoms with van der Waals surface area (Å²) < 4.78 is 26.9. The van der Waals surface area contributed by atoms with E-state index in [0.29, 0.717) is 18.2 Å². The Balaban J connectivity index is 2.11. The molecule has 6 heteroatoms. The number of pyridine rings is 1. The first kappa shape index (κ1) is 13.5. The monoisotopic (exact) mass is 269 g/mol. The van der Waals surface area contributed by atoms with Gasteiger partial charge in [-0.2, -0.15) is 0 Å². The summed E-state index contributed by atoms with van der Waals surface area (Å²) in [6.45, 7) is 4.88. The van der Waals surface area contributed by atoms with Crippen LogP contribution in [-0.4, -0.2) is 19.9 Å². The van der Waals surface area contributed by atoms with Gasteiger partial charge in [-0.25, -0.2) is 13.1 Å². The van der Waals surface area contributed by atoms with Gasteiger partial charge < -0.3 is 5.73 Å². The molecule has 3 N–H and O–H groups in total. The van der Waals surface area contributed by atoms with Crippen molar-refractivity contribution in [3.8, 4) is 0 Å². The van der Waals surface area contributed by atoms with E-state index >= 15 is 0 Å². The molecular weight excluding hydrogens is 250 g/mol. The van der Waals surface area contributed by atoms with Crippen LogP contribution in [0.3, 0.4) is 0 Å². The molecule has 1 saturated carbocycles. The fourth-order valence-electron chi connectivity index (χ4n) is 2.03. The first-order valence-electron chi connectivity index (χ1n) is 6.00. The molecule has 0 saturated heterocycles. The van der Waals surface area contributed by atoms with Gasteiger partial charge in [0.2, 0.25) is 10.0 Å². The van der Waals surface area contributed by atoms with Gasteiger partial charge in [0.1, 0.15) is 4.90 Å². The molecule has 0 radical (unpaired) electrons. The SMILES string of the molecule is CC1(C)CC1CNS(=O)(=O)c1cccnc1CN. The summed E-state index contributed by atoms with van der Waals surface area (Å²) in [5.41, 5.74) is 6.16. The van der Waals surface area contributed by atoms with Crippen LogP contribution in [0.15, 0.2) is 23.2 Å². The maximum atomic E-state index is 12.1. The molecule has 1 aromatic rings. The zero-order valence-electron chi connectivity index (χ0n) is 10.7. The van der Waals surface area contributed by atoms with Gasteiger partial charge in [0.15, 0.2) is 0 Å². The highest BCUT2D eigenvalue weighted by Crippen LogP contribution is 2.51. The highest BCUT2D eigenvalue weighted by molar-refractivity contribution is 7.89. The lowest BCUT2D eigenvalue weighted by Crippen LogP contribution is -2.28. The van der Waals surface area contributed by atoms with Gasteiger partial charge in [-0.1, -0.05) is 13.8 Å². The van der Waals surface area contributed by atoms with Gasteiger partial charge in [-0.15, -0.1) is 0 Å². The molecule has 0 spiro atoms. The third-order valence-electron chi connectivity index (χ3n) is 3.57. The highest BCUT2D eigenvalue weighted by Gasteiger charge is 2.45. The van der Waals surface area contributed by atoms with Gasteiger partial charge in [0.05, 0.1) is 5.69 Å². The fourth-order valence-corrected chi connectivity index (χ4v) is 3.31. The average Bonchev–Trinajstić information content (AvgIpc) is 2.95. The first-order valence-corrected chi connectivity index (χ1v) is 7.49. The largest absolute Gasteiger partial charge is 0.325 e. The van der Waals surface area contributed by atoms with Crippen LogP contribution in [0, 0.1) is 11.3 Å². The molecule has 0 bridgehead atoms. The minimum absolute atomic E-state index is 0.117. The second-order valence-electron chi connectivity index (χ2n) is 5.39. The van der Waals surface area contributed by atoms with Gasteiger partial charge >= 0.3 is 0 Å². The quantitative estimate of drug-likeness (QED) is 0.830. The Morgan fingerprint density at radius 3 is 2.78 bits per heavy atom. The molecule has 5 nitrogen and oxygen atoms in total. The molecule has 18 heavy (non-hydrogen) atoms. The number of hydrogen-bond acceptors (Lipinski definition) is 4. The molecule has 100 valence electrons. The lowest BCUT2D eigenvalue weighted by molar-refractivity contribution is 0.537. The molecule has 1 aromatic heterocycles. The molecule has 1 aliphatic carbocycles. The van der Waals surface area contributed by atoms with Crippen molar-refractivity contribution >= 4 is 10.0 Å². The molecule has 2 rings (SSSR count). The van der Waals surface area contributed by atoms with Crippen molar-refractivity contribution in [2.24, 2.45) is 17.1 Å². The van der Waals surface area contributed by atoms with E-state index in [1.165, 1.54) is 6.07 Å². The van der Waals surface area contributed by atoms with Gasteiger partial charge in [-0.05, 0) is 29.9 Å². The molecule has 1 heterocycles. The zero-order valence-corrected chi connectivity index (χ0v) is 11.5. The molecule has 0 aromatic carbocycles. The Morgan fingerprint density at radius 1 is 1.56 bits per heavy atom. The number of aromatic nitrogens is 1. The number of nitrogens with one attached hydrogen (secondary N) is 1. The minimum Gasteiger partial charge on any atom is -0.325 e. The number of sulfonamides is 1. The summed E-state index contributed by atoms with van der Waals surface area (Å²) in [6.07, 6.45) is 2.61. The Kier molecular flexibility index (Phi) is 3.44. The average molecular weight is 269 g/mol. The van der Waals surface area contributed by atoms with Crippen molar-refractivity contribution in [1.82, 2.24) is 9.71 Å². The minimum atomic E-state index is -3.50. The lowest BCUT2D eigenvalue weighted by Gasteiger charge is -2.10. The highest BCUT2D eigenvalue weighted by atomic mass is 32.2. The van der Waals surface area contributed by atoms with Crippen LogP contribution >= 0.6 is 0 Å². The molecule has 0 aliphatic heterocycles. The maximum absolute atomic E-state index is 12.1. The van der Waals surface area contributed by atoms with Crippen molar-refractivity contribution in [2.45, 2.75) is 31.7 Å². The maximum Gasteiger partial charge on any atom is 0.242 e. The van der Waals surface area contributed by atoms with Crippen LogP contribution in [0.25, 0.3) is 0 Å². The van der Waals surface area contributed by atoms with Crippen molar-refractivity contribution in [3.05, 3.63) is 24.0 Å². The van der Waals surface area contributed by atoms with E-state index in [0.717, 1.165) is 6.42 Å². The summed E-state index contributed by atoms with van der Waals surface area (Å²) >= 11 is 0. The molecular formula is C12H19N3O2S. The van der Waals surface area contributed by atoms with Crippen LogP contribution in [0.4, 0.5) is 0 Å². The van der Waals surface area contributed by atoms with E-state index in [4.69, 9.17) is 5.73 Å². The molecule has 0 amide bonds. The molecule has 1 aliphatic rings. The smallest absolute Gasteiger partial charge is 0.242 e. The number of nitrogens with two attached hydrogens (primary N) is 1. The number of rotatable bonds is 5. The fraction of sp³-hybridized carbons (Fsp3) is 0.583. The van der Waals surface area contributed by atoms with E-state index in [1.54, 1.807) is 12.3 Å². The molecule has 1 fully saturated rings. The van der Waals surface area contributed by atoms with Crippen molar-refractivity contribution in [3.63, 3.8) is 0 Å². The van der Waals surface area contributed by atoms with E-state index in [2.05, 4.69) is 23.6 Å². The van der Waals surface area contributed by atoms with Gasteiger partial charge in [-0.3, -0.25) is 4.98 Å². The number of nitrogens with zero attached hydrogens (tertiary/aromatic N) is 1. The van der Waals surface area contributed by atoms with E-state index in [9.17, 15) is 8.42 Å². The van der Waals surface area contributed by atoms with E-state index in [1.807, 2.05) is 0 Å². The standard InChI is InChI=1S/C12H19N3O2S/c1-12(2)6-9(12)8-15-18(16,17)11-4-3-5-14-10(11)7-13/h3-5,9,15H,6-8,13H2,1-2H3. The van der Waals surface area contributed by atoms with Crippen LogP contribution in [-0.2, 0) is 16.6 Å². The summed E-state index contributed by atoms with van der Waals surface area (Å²) in [7, 11) is -3.50. The Bertz CT molecular complexity index is 540. The summed E-state index contributed by atoms with van der Waals surface area (Å²) in [6, 6.07) is 3.14. The van der Waals surface area contributed by atoms with E-state index in [-0.39, 0.29) is 16.9 Å². The van der Waals surface area contributed by atoms with Crippen LogP contribution < -0.4 is 10.5 Å². The third-order valence-corrected chi connectivity index (χ3v) is 5.07. The van der Waals surface area contributed by atoms with Crippen molar-refractivity contribution < 1.29 is 8.42 Å². The number of hydrogen-bond donors (Lipinski definition) is 2. The lowest BCUT2D eigenvalue weighted by atomic mass is 10.1. The third kappa shape index (κ3) is 2.71. The van der Waals surface area contributed by atoms with Crippen LogP contribution in [0.1, 0.15) is 26.0 Å². The predicted molar refractivity (Wildman–Crippen MR) is 69.2 cm³/mol. The van der Waals surface area contributed by atoms with Crippen LogP contribution in [0.5, 0.6) is 0 Å². The van der Waals surface area contributed by atoms with Crippen LogP contribution in [0.2, 0.25) is 0 Å². The second kappa shape index (κ2) is 4.60. The predicted octanol–water partition coefficient (Wildman–Crippen LogP) is 0.865. The topological polar surface area (TPSA) is 85.1 Å². The Morgan fingerprint density at radius 2 is 2.22 bits per heavy atom. The summed E-state index contributed by atoms with van der Waals surface area (Å²) in [5, 5.41) is 0. The van der Waals surface area contributed by atoms with Gasteiger partial charge in [0.25, 0.3) is 0 Å². The molecule has 1 atom stereocenters. The molecule has 1 unspecified atom stereocenters. The van der Waals surface area contributed by atoms with Crippen molar-refractivity contribution in [1.29, 1.82) is 0 Å². The zero-order chi connectivity index (χ0) is 13.4. The Labute approximate surface area is 108 Å². The van der Waals surface area contributed by atoms with Crippen molar-refractivity contribution in [2.75, 3.05) is 6.54 Å². The summed E-state index contributed by atoms with van der Waals surface area (Å²) in [4.78, 5) is 4.18.